The summed E-state index contributed by atoms with van der Waals surface area (Å²) in [5.74, 6) is -1.08. The molecule has 0 atom stereocenters. The molecular formula is C34H31ClFN3O4S. The average Bonchev–Trinajstić information content (AvgIpc) is 3.03. The molecule has 10 heteroatoms. The van der Waals surface area contributed by atoms with Crippen molar-refractivity contribution in [1.82, 2.24) is 5.32 Å². The standard InChI is InChI=1S/C34H31ClFN3O4S/c1-2-3-20-43-26-16-12-24(13-17-26)37-32(40)22-44-27-18-14-25(15-19-27)38-34(42)31(21-28-29(35)10-7-11-30(28)36)39-33(41)23-8-5-4-6-9-23/h4-19,21H,2-3,20,22H2,1H3,(H,37,40)(H,38,42)(H,39,41)/b31-21-. The molecule has 0 saturated heterocycles. The second-order valence-corrected chi connectivity index (χ2v) is 11.0. The SMILES string of the molecule is CCCCOc1ccc(NC(=O)CSc2ccc(NC(=O)/C(=C/c3c(F)cccc3Cl)NC(=O)c3ccccc3)cc2)cc1. The lowest BCUT2D eigenvalue weighted by Crippen LogP contribution is -2.30. The third kappa shape index (κ3) is 9.72. The number of carbonyl (C=O) groups is 3. The van der Waals surface area contributed by atoms with Crippen LogP contribution in [0.2, 0.25) is 5.02 Å². The molecule has 4 rings (SSSR count). The minimum absolute atomic E-state index is 0.0334. The molecule has 0 unspecified atom stereocenters. The van der Waals surface area contributed by atoms with Crippen LogP contribution in [0.3, 0.4) is 0 Å². The Morgan fingerprint density at radius 3 is 2.23 bits per heavy atom. The number of nitrogens with one attached hydrogen (secondary N) is 3. The Labute approximate surface area is 264 Å². The smallest absolute Gasteiger partial charge is 0.272 e. The van der Waals surface area contributed by atoms with E-state index in [0.717, 1.165) is 23.5 Å². The molecule has 0 heterocycles. The summed E-state index contributed by atoms with van der Waals surface area (Å²) in [5, 5.41) is 8.23. The fraction of sp³-hybridized carbons (Fsp3) is 0.147. The third-order valence-electron chi connectivity index (χ3n) is 6.20. The van der Waals surface area contributed by atoms with E-state index in [0.29, 0.717) is 23.5 Å². The van der Waals surface area contributed by atoms with Gasteiger partial charge < -0.3 is 20.7 Å². The lowest BCUT2D eigenvalue weighted by Gasteiger charge is -2.12. The van der Waals surface area contributed by atoms with Crippen molar-refractivity contribution in [3.05, 3.63) is 125 Å². The molecule has 3 N–H and O–H groups in total. The lowest BCUT2D eigenvalue weighted by molar-refractivity contribution is -0.114. The van der Waals surface area contributed by atoms with E-state index in [1.165, 1.54) is 36.0 Å². The number of hydrogen-bond donors (Lipinski definition) is 3. The zero-order valence-corrected chi connectivity index (χ0v) is 25.5. The molecule has 0 aliphatic rings. The highest BCUT2D eigenvalue weighted by Crippen LogP contribution is 2.24. The Morgan fingerprint density at radius 1 is 0.864 bits per heavy atom. The van der Waals surface area contributed by atoms with Gasteiger partial charge in [-0.1, -0.05) is 49.2 Å². The predicted octanol–water partition coefficient (Wildman–Crippen LogP) is 7.80. The Hall–Kier alpha value is -4.60. The first kappa shape index (κ1) is 32.3. The molecule has 4 aromatic rings. The lowest BCUT2D eigenvalue weighted by atomic mass is 10.1. The highest BCUT2D eigenvalue weighted by Gasteiger charge is 2.17. The summed E-state index contributed by atoms with van der Waals surface area (Å²) in [6.07, 6.45) is 3.24. The molecule has 0 aromatic heterocycles. The predicted molar refractivity (Wildman–Crippen MR) is 175 cm³/mol. The van der Waals surface area contributed by atoms with E-state index in [-0.39, 0.29) is 27.9 Å². The maximum Gasteiger partial charge on any atom is 0.272 e. The molecule has 0 saturated carbocycles. The van der Waals surface area contributed by atoms with Gasteiger partial charge in [0, 0.05) is 27.4 Å². The van der Waals surface area contributed by atoms with Crippen LogP contribution in [-0.4, -0.2) is 30.1 Å². The zero-order valence-electron chi connectivity index (χ0n) is 23.9. The van der Waals surface area contributed by atoms with Gasteiger partial charge in [0.05, 0.1) is 17.4 Å². The Kier molecular flexibility index (Phi) is 12.0. The van der Waals surface area contributed by atoms with E-state index in [4.69, 9.17) is 16.3 Å². The second kappa shape index (κ2) is 16.3. The minimum atomic E-state index is -0.671. The van der Waals surface area contributed by atoms with Crippen LogP contribution in [0.1, 0.15) is 35.7 Å². The molecule has 226 valence electrons. The van der Waals surface area contributed by atoms with Crippen LogP contribution in [0, 0.1) is 5.82 Å². The van der Waals surface area contributed by atoms with Crippen molar-refractivity contribution in [3.63, 3.8) is 0 Å². The summed E-state index contributed by atoms with van der Waals surface area (Å²) in [7, 11) is 0. The van der Waals surface area contributed by atoms with Crippen LogP contribution < -0.4 is 20.7 Å². The van der Waals surface area contributed by atoms with Crippen molar-refractivity contribution >= 4 is 58.5 Å². The average molecular weight is 632 g/mol. The molecule has 0 aliphatic carbocycles. The van der Waals surface area contributed by atoms with Crippen LogP contribution >= 0.6 is 23.4 Å². The molecule has 0 aliphatic heterocycles. The zero-order chi connectivity index (χ0) is 31.3. The molecular weight excluding hydrogens is 601 g/mol. The van der Waals surface area contributed by atoms with Crippen molar-refractivity contribution in [2.24, 2.45) is 0 Å². The summed E-state index contributed by atoms with van der Waals surface area (Å²) in [5.41, 5.74) is 1.21. The van der Waals surface area contributed by atoms with Gasteiger partial charge in [-0.2, -0.15) is 0 Å². The maximum absolute atomic E-state index is 14.5. The van der Waals surface area contributed by atoms with E-state index >= 15 is 0 Å². The number of unbranched alkanes of at least 4 members (excludes halogenated alkanes) is 1. The number of ether oxygens (including phenoxy) is 1. The quantitative estimate of drug-likeness (QED) is 0.0795. The van der Waals surface area contributed by atoms with E-state index in [1.807, 2.05) is 12.1 Å². The number of rotatable bonds is 13. The number of halogens is 2. The van der Waals surface area contributed by atoms with Crippen molar-refractivity contribution in [2.75, 3.05) is 23.0 Å². The number of carbonyl (C=O) groups excluding carboxylic acids is 3. The van der Waals surface area contributed by atoms with Crippen LogP contribution in [0.25, 0.3) is 6.08 Å². The van der Waals surface area contributed by atoms with E-state index < -0.39 is 17.6 Å². The third-order valence-corrected chi connectivity index (χ3v) is 7.55. The van der Waals surface area contributed by atoms with Gasteiger partial charge in [0.2, 0.25) is 5.91 Å². The second-order valence-electron chi connectivity index (χ2n) is 9.56. The van der Waals surface area contributed by atoms with Crippen molar-refractivity contribution < 1.29 is 23.5 Å². The summed E-state index contributed by atoms with van der Waals surface area (Å²) in [6.45, 7) is 2.76. The fourth-order valence-corrected chi connectivity index (χ4v) is 4.80. The Balaban J connectivity index is 1.36. The van der Waals surface area contributed by atoms with Gasteiger partial charge in [0.1, 0.15) is 17.3 Å². The van der Waals surface area contributed by atoms with Crippen LogP contribution in [0.5, 0.6) is 5.75 Å². The molecule has 7 nitrogen and oxygen atoms in total. The van der Waals surface area contributed by atoms with Gasteiger partial charge in [-0.05, 0) is 85.3 Å². The summed E-state index contributed by atoms with van der Waals surface area (Å²) in [4.78, 5) is 39.3. The molecule has 4 aromatic carbocycles. The number of hydrogen-bond acceptors (Lipinski definition) is 5. The highest BCUT2D eigenvalue weighted by atomic mass is 35.5. The van der Waals surface area contributed by atoms with Crippen LogP contribution in [0.15, 0.2) is 108 Å². The van der Waals surface area contributed by atoms with Gasteiger partial charge in [-0.25, -0.2) is 4.39 Å². The first-order valence-electron chi connectivity index (χ1n) is 13.9. The summed E-state index contributed by atoms with van der Waals surface area (Å²) < 4.78 is 20.2. The normalized spacial score (nSPS) is 11.0. The minimum Gasteiger partial charge on any atom is -0.494 e. The van der Waals surface area contributed by atoms with Crippen molar-refractivity contribution in [1.29, 1.82) is 0 Å². The van der Waals surface area contributed by atoms with E-state index in [2.05, 4.69) is 22.9 Å². The molecule has 3 amide bonds. The summed E-state index contributed by atoms with van der Waals surface area (Å²) in [6, 6.07) is 26.6. The number of amides is 3. The first-order valence-corrected chi connectivity index (χ1v) is 15.3. The van der Waals surface area contributed by atoms with Crippen molar-refractivity contribution in [3.8, 4) is 5.75 Å². The summed E-state index contributed by atoms with van der Waals surface area (Å²) >= 11 is 7.50. The number of benzene rings is 4. The van der Waals surface area contributed by atoms with Gasteiger partial charge in [-0.15, -0.1) is 11.8 Å². The van der Waals surface area contributed by atoms with Gasteiger partial charge in [0.25, 0.3) is 11.8 Å². The monoisotopic (exact) mass is 631 g/mol. The topological polar surface area (TPSA) is 96.5 Å². The largest absolute Gasteiger partial charge is 0.494 e. The Bertz CT molecular complexity index is 1590. The van der Waals surface area contributed by atoms with E-state index in [1.54, 1.807) is 66.7 Å². The van der Waals surface area contributed by atoms with Gasteiger partial charge in [-0.3, -0.25) is 14.4 Å². The fourth-order valence-electron chi connectivity index (χ4n) is 3.88. The first-order chi connectivity index (χ1) is 21.3. The number of thioether (sulfide) groups is 1. The highest BCUT2D eigenvalue weighted by molar-refractivity contribution is 8.00. The van der Waals surface area contributed by atoms with Gasteiger partial charge >= 0.3 is 0 Å². The van der Waals surface area contributed by atoms with Crippen LogP contribution in [-0.2, 0) is 9.59 Å². The molecule has 0 bridgehead atoms. The molecule has 44 heavy (non-hydrogen) atoms. The maximum atomic E-state index is 14.5. The number of anilines is 2. The molecule has 0 spiro atoms. The molecule has 0 fully saturated rings. The Morgan fingerprint density at radius 2 is 1.55 bits per heavy atom. The van der Waals surface area contributed by atoms with Gasteiger partial charge in [0.15, 0.2) is 0 Å². The van der Waals surface area contributed by atoms with E-state index in [9.17, 15) is 18.8 Å². The molecule has 0 radical (unpaired) electrons. The van der Waals surface area contributed by atoms with Crippen molar-refractivity contribution in [2.45, 2.75) is 24.7 Å². The van der Waals surface area contributed by atoms with Crippen LogP contribution in [0.4, 0.5) is 15.8 Å².